The molecule has 150 valence electrons. The Morgan fingerprint density at radius 1 is 1.36 bits per heavy atom. The van der Waals surface area contributed by atoms with Gasteiger partial charge in [-0.25, -0.2) is 4.39 Å². The summed E-state index contributed by atoms with van der Waals surface area (Å²) < 4.78 is 15.1. The van der Waals surface area contributed by atoms with Gasteiger partial charge in [0, 0.05) is 56.0 Å². The van der Waals surface area contributed by atoms with E-state index in [9.17, 15) is 4.39 Å². The maximum Gasteiger partial charge on any atom is 0.191 e. The van der Waals surface area contributed by atoms with Gasteiger partial charge < -0.3 is 20.5 Å². The monoisotopic (exact) mass is 385 g/mol. The van der Waals surface area contributed by atoms with Crippen molar-refractivity contribution in [2.75, 3.05) is 34.2 Å². The van der Waals surface area contributed by atoms with Crippen molar-refractivity contribution in [3.63, 3.8) is 0 Å². The van der Waals surface area contributed by atoms with Crippen LogP contribution in [0.25, 0.3) is 10.9 Å². The van der Waals surface area contributed by atoms with Crippen molar-refractivity contribution < 1.29 is 4.39 Å². The Hall–Kier alpha value is -2.87. The molecule has 1 aromatic carbocycles. The van der Waals surface area contributed by atoms with Gasteiger partial charge in [-0.1, -0.05) is 0 Å². The second kappa shape index (κ2) is 8.88. The van der Waals surface area contributed by atoms with E-state index in [1.54, 1.807) is 7.05 Å². The Balaban J connectivity index is 1.54. The molecule has 3 rings (SSSR count). The number of aromatic amines is 1. The normalized spacial score (nSPS) is 13.3. The number of aryl methyl sites for hydroxylation is 1. The lowest BCUT2D eigenvalue weighted by Gasteiger charge is -2.24. The first-order valence-corrected chi connectivity index (χ1v) is 9.33. The lowest BCUT2D eigenvalue weighted by Crippen LogP contribution is -2.42. The van der Waals surface area contributed by atoms with Gasteiger partial charge in [0.2, 0.25) is 0 Å². The Morgan fingerprint density at radius 2 is 2.18 bits per heavy atom. The quantitative estimate of drug-likeness (QED) is 0.430. The molecule has 0 spiro atoms. The number of hydrogen-bond acceptors (Lipinski definition) is 3. The molecule has 0 amide bonds. The number of benzene rings is 1. The van der Waals surface area contributed by atoms with Gasteiger partial charge in [-0.05, 0) is 44.3 Å². The summed E-state index contributed by atoms with van der Waals surface area (Å²) in [6.45, 7) is 1.44. The zero-order chi connectivity index (χ0) is 20.1. The number of nitrogens with zero attached hydrogens (tertiary/aromatic N) is 4. The number of aliphatic imine (C=N–C) groups is 1. The van der Waals surface area contributed by atoms with Crippen LogP contribution in [-0.2, 0) is 13.5 Å². The highest BCUT2D eigenvalue weighted by Crippen LogP contribution is 2.19. The molecular weight excluding hydrogens is 357 g/mol. The van der Waals surface area contributed by atoms with Gasteiger partial charge in [-0.3, -0.25) is 9.67 Å². The average Bonchev–Trinajstić information content (AvgIpc) is 3.26. The lowest BCUT2D eigenvalue weighted by molar-refractivity contribution is 0.298. The molecule has 7 nitrogen and oxygen atoms in total. The van der Waals surface area contributed by atoms with Crippen LogP contribution in [0.15, 0.2) is 41.8 Å². The van der Waals surface area contributed by atoms with Gasteiger partial charge in [0.1, 0.15) is 5.82 Å². The molecular formula is C20H28FN7. The number of nitrogens with one attached hydrogen (secondary N) is 3. The molecule has 3 aromatic rings. The first-order valence-electron chi connectivity index (χ1n) is 9.33. The number of guanidine groups is 1. The molecule has 0 fully saturated rings. The Morgan fingerprint density at radius 3 is 2.86 bits per heavy atom. The number of H-pyrrole nitrogens is 1. The van der Waals surface area contributed by atoms with Gasteiger partial charge in [-0.15, -0.1) is 0 Å². The minimum Gasteiger partial charge on any atom is -0.361 e. The lowest BCUT2D eigenvalue weighted by atomic mass is 10.1. The fraction of sp³-hybridized carbons (Fsp3) is 0.400. The van der Waals surface area contributed by atoms with Crippen LogP contribution in [0, 0.1) is 5.82 Å². The van der Waals surface area contributed by atoms with Crippen LogP contribution in [0.5, 0.6) is 0 Å². The molecule has 3 N–H and O–H groups in total. The molecule has 8 heteroatoms. The predicted octanol–water partition coefficient (Wildman–Crippen LogP) is 2.05. The molecule has 2 heterocycles. The molecule has 1 atom stereocenters. The van der Waals surface area contributed by atoms with Crippen LogP contribution >= 0.6 is 0 Å². The van der Waals surface area contributed by atoms with Crippen LogP contribution < -0.4 is 10.6 Å². The van der Waals surface area contributed by atoms with E-state index in [4.69, 9.17) is 0 Å². The van der Waals surface area contributed by atoms with Crippen molar-refractivity contribution in [2.45, 2.75) is 12.5 Å². The first-order chi connectivity index (χ1) is 13.5. The maximum absolute atomic E-state index is 13.3. The Kier molecular flexibility index (Phi) is 6.30. The third-order valence-corrected chi connectivity index (χ3v) is 4.84. The SMILES string of the molecule is CN=C(NCCc1c[nH]c2cc(F)ccc12)NCC(c1cnn(C)c1)N(C)C. The number of rotatable bonds is 7. The topological polar surface area (TPSA) is 73.3 Å². The van der Waals surface area contributed by atoms with Crippen molar-refractivity contribution in [2.24, 2.45) is 12.0 Å². The van der Waals surface area contributed by atoms with Gasteiger partial charge in [-0.2, -0.15) is 5.10 Å². The summed E-state index contributed by atoms with van der Waals surface area (Å²) in [7, 11) is 7.78. The fourth-order valence-electron chi connectivity index (χ4n) is 3.31. The summed E-state index contributed by atoms with van der Waals surface area (Å²) in [6.07, 6.45) is 6.67. The number of hydrogen-bond donors (Lipinski definition) is 3. The summed E-state index contributed by atoms with van der Waals surface area (Å²) in [5, 5.41) is 12.0. The van der Waals surface area contributed by atoms with E-state index in [1.807, 2.05) is 36.4 Å². The van der Waals surface area contributed by atoms with Crippen molar-refractivity contribution >= 4 is 16.9 Å². The molecule has 28 heavy (non-hydrogen) atoms. The summed E-state index contributed by atoms with van der Waals surface area (Å²) in [5.74, 6) is 0.523. The highest BCUT2D eigenvalue weighted by Gasteiger charge is 2.16. The molecule has 0 saturated heterocycles. The summed E-state index contributed by atoms with van der Waals surface area (Å²) in [4.78, 5) is 9.59. The number of likely N-dealkylation sites (N-methyl/N-ethyl adjacent to an activating group) is 1. The number of aromatic nitrogens is 3. The largest absolute Gasteiger partial charge is 0.361 e. The molecule has 0 radical (unpaired) electrons. The van der Waals surface area contributed by atoms with E-state index in [2.05, 4.69) is 44.7 Å². The van der Waals surface area contributed by atoms with Crippen LogP contribution in [0.3, 0.4) is 0 Å². The molecule has 1 unspecified atom stereocenters. The summed E-state index contributed by atoms with van der Waals surface area (Å²) in [5.41, 5.74) is 3.13. The first kappa shape index (κ1) is 19.9. The smallest absolute Gasteiger partial charge is 0.191 e. The molecule has 0 aliphatic rings. The van der Waals surface area contributed by atoms with Crippen molar-refractivity contribution in [3.05, 3.63) is 53.7 Å². The van der Waals surface area contributed by atoms with Gasteiger partial charge >= 0.3 is 0 Å². The van der Waals surface area contributed by atoms with Crippen molar-refractivity contribution in [1.82, 2.24) is 30.3 Å². The minimum atomic E-state index is -0.229. The van der Waals surface area contributed by atoms with E-state index in [1.165, 1.54) is 12.1 Å². The van der Waals surface area contributed by atoms with Crippen LogP contribution in [-0.4, -0.2) is 59.9 Å². The second-order valence-electron chi connectivity index (χ2n) is 7.06. The standard InChI is InChI=1S/C20H28FN7/c1-22-20(25-12-19(27(2)3)15-11-26-28(4)13-15)23-8-7-14-10-24-18-9-16(21)5-6-17(14)18/h5-6,9-11,13,19,24H,7-8,12H2,1-4H3,(H2,22,23,25). The van der Waals surface area contributed by atoms with Gasteiger partial charge in [0.25, 0.3) is 0 Å². The van der Waals surface area contributed by atoms with Gasteiger partial charge in [0.05, 0.1) is 12.2 Å². The predicted molar refractivity (Wildman–Crippen MR) is 111 cm³/mol. The molecule has 0 aliphatic carbocycles. The Labute approximate surface area is 164 Å². The Bertz CT molecular complexity index is 941. The second-order valence-corrected chi connectivity index (χ2v) is 7.06. The van der Waals surface area contributed by atoms with Crippen molar-refractivity contribution in [3.8, 4) is 0 Å². The van der Waals surface area contributed by atoms with Crippen molar-refractivity contribution in [1.29, 1.82) is 0 Å². The third kappa shape index (κ3) is 4.69. The molecule has 0 aliphatic heterocycles. The van der Waals surface area contributed by atoms with E-state index < -0.39 is 0 Å². The highest BCUT2D eigenvalue weighted by molar-refractivity contribution is 5.83. The molecule has 2 aromatic heterocycles. The zero-order valence-electron chi connectivity index (χ0n) is 16.8. The van der Waals surface area contributed by atoms with Gasteiger partial charge in [0.15, 0.2) is 5.96 Å². The number of fused-ring (bicyclic) bond motifs is 1. The van der Waals surface area contributed by atoms with Crippen LogP contribution in [0.4, 0.5) is 4.39 Å². The molecule has 0 saturated carbocycles. The van der Waals surface area contributed by atoms with E-state index in [-0.39, 0.29) is 11.9 Å². The van der Waals surface area contributed by atoms with E-state index in [0.717, 1.165) is 41.0 Å². The average molecular weight is 385 g/mol. The minimum absolute atomic E-state index is 0.191. The third-order valence-electron chi connectivity index (χ3n) is 4.84. The summed E-state index contributed by atoms with van der Waals surface area (Å²) >= 11 is 0. The fourth-order valence-corrected chi connectivity index (χ4v) is 3.31. The summed E-state index contributed by atoms with van der Waals surface area (Å²) in [6, 6.07) is 5.02. The zero-order valence-corrected chi connectivity index (χ0v) is 16.8. The molecule has 0 bridgehead atoms. The number of halogens is 1. The highest BCUT2D eigenvalue weighted by atomic mass is 19.1. The van der Waals surface area contributed by atoms with E-state index >= 15 is 0 Å². The van der Waals surface area contributed by atoms with Crippen LogP contribution in [0.1, 0.15) is 17.2 Å². The van der Waals surface area contributed by atoms with E-state index in [0.29, 0.717) is 6.54 Å². The maximum atomic E-state index is 13.3. The van der Waals surface area contributed by atoms with Crippen LogP contribution in [0.2, 0.25) is 0 Å².